The Morgan fingerprint density at radius 3 is 2.62 bits per heavy atom. The maximum atomic E-state index is 13.9. The number of carboxylic acid groups (broad SMARTS) is 1. The van der Waals surface area contributed by atoms with E-state index in [-0.39, 0.29) is 17.7 Å². The molecule has 2 aromatic carbocycles. The third kappa shape index (κ3) is 5.05. The summed E-state index contributed by atoms with van der Waals surface area (Å²) in [5.41, 5.74) is 3.89. The summed E-state index contributed by atoms with van der Waals surface area (Å²) in [7, 11) is 1.46. The van der Waals surface area contributed by atoms with Crippen molar-refractivity contribution in [1.29, 1.82) is 0 Å². The van der Waals surface area contributed by atoms with E-state index in [9.17, 15) is 19.8 Å². The van der Waals surface area contributed by atoms with Crippen LogP contribution in [0.4, 0.5) is 0 Å². The lowest BCUT2D eigenvalue weighted by Gasteiger charge is -2.36. The Hall–Kier alpha value is -3.81. The molecule has 3 N–H and O–H groups in total. The van der Waals surface area contributed by atoms with Gasteiger partial charge in [-0.05, 0) is 50.8 Å². The number of imidazole rings is 1. The van der Waals surface area contributed by atoms with Gasteiger partial charge in [-0.15, -0.1) is 0 Å². The molecule has 0 fully saturated rings. The van der Waals surface area contributed by atoms with Gasteiger partial charge in [0.2, 0.25) is 0 Å². The van der Waals surface area contributed by atoms with Crippen LogP contribution < -0.4 is 4.74 Å². The second kappa shape index (κ2) is 10.3. The second-order valence-corrected chi connectivity index (χ2v) is 10.3. The summed E-state index contributed by atoms with van der Waals surface area (Å²) in [6.45, 7) is 8.04. The van der Waals surface area contributed by atoms with Crippen molar-refractivity contribution in [1.82, 2.24) is 14.9 Å². The summed E-state index contributed by atoms with van der Waals surface area (Å²) in [6, 6.07) is 6.67. The summed E-state index contributed by atoms with van der Waals surface area (Å²) in [5.74, 6) is -1.34. The number of phenols is 1. The summed E-state index contributed by atoms with van der Waals surface area (Å²) < 4.78 is 6.37. The highest BCUT2D eigenvalue weighted by atomic mass is 16.5. The van der Waals surface area contributed by atoms with Gasteiger partial charge < -0.3 is 24.8 Å². The van der Waals surface area contributed by atoms with Crippen LogP contribution in [0.3, 0.4) is 0 Å². The van der Waals surface area contributed by atoms with Crippen LogP contribution in [-0.4, -0.2) is 50.0 Å². The normalized spacial score (nSPS) is 14.3. The molecule has 0 radical (unpaired) electrons. The summed E-state index contributed by atoms with van der Waals surface area (Å²) in [5, 5.41) is 21.6. The molecule has 0 unspecified atom stereocenters. The van der Waals surface area contributed by atoms with Crippen molar-refractivity contribution in [2.24, 2.45) is 0 Å². The van der Waals surface area contributed by atoms with Crippen molar-refractivity contribution in [2.45, 2.75) is 71.4 Å². The molecule has 196 valence electrons. The Bertz CT molecular complexity index is 1310. The molecule has 3 aromatic rings. The van der Waals surface area contributed by atoms with Gasteiger partial charge >= 0.3 is 5.97 Å². The molecule has 8 nitrogen and oxygen atoms in total. The van der Waals surface area contributed by atoms with Gasteiger partial charge in [0.25, 0.3) is 5.91 Å². The number of ether oxygens (including phenoxy) is 1. The van der Waals surface area contributed by atoms with E-state index in [0.717, 1.165) is 36.0 Å². The smallest absolute Gasteiger partial charge is 0.326 e. The molecule has 0 bridgehead atoms. The Morgan fingerprint density at radius 1 is 1.22 bits per heavy atom. The maximum Gasteiger partial charge on any atom is 0.326 e. The Morgan fingerprint density at radius 2 is 1.97 bits per heavy atom. The molecule has 37 heavy (non-hydrogen) atoms. The van der Waals surface area contributed by atoms with Crippen LogP contribution in [-0.2, 0) is 23.2 Å². The molecular formula is C29H35N3O5. The number of aromatic nitrogens is 2. The van der Waals surface area contributed by atoms with Gasteiger partial charge in [0.05, 0.1) is 23.1 Å². The molecule has 8 heteroatoms. The number of aliphatic carboxylic acids is 1. The first-order valence-corrected chi connectivity index (χ1v) is 12.7. The monoisotopic (exact) mass is 505 g/mol. The summed E-state index contributed by atoms with van der Waals surface area (Å²) >= 11 is 0. The van der Waals surface area contributed by atoms with Crippen molar-refractivity contribution < 1.29 is 24.5 Å². The molecule has 1 aliphatic heterocycles. The van der Waals surface area contributed by atoms with E-state index in [1.54, 1.807) is 6.20 Å². The van der Waals surface area contributed by atoms with Gasteiger partial charge in [0.15, 0.2) is 0 Å². The van der Waals surface area contributed by atoms with Crippen LogP contribution in [0, 0.1) is 6.92 Å². The van der Waals surface area contributed by atoms with Crippen LogP contribution in [0.1, 0.15) is 72.8 Å². The molecule has 0 aliphatic carbocycles. The number of H-pyrrole nitrogens is 1. The van der Waals surface area contributed by atoms with Gasteiger partial charge in [-0.2, -0.15) is 0 Å². The highest BCUT2D eigenvalue weighted by Gasteiger charge is 2.38. The van der Waals surface area contributed by atoms with Gasteiger partial charge in [-0.3, -0.25) is 4.79 Å². The molecule has 0 saturated carbocycles. The minimum atomic E-state index is -1.15. The molecule has 1 aromatic heterocycles. The Balaban J connectivity index is 1.85. The van der Waals surface area contributed by atoms with Gasteiger partial charge in [0, 0.05) is 25.2 Å². The lowest BCUT2D eigenvalue weighted by molar-refractivity contribution is -0.141. The van der Waals surface area contributed by atoms with E-state index in [1.165, 1.54) is 18.3 Å². The number of carbonyl (C=O) groups is 2. The number of aromatic hydroxyl groups is 1. The second-order valence-electron chi connectivity index (χ2n) is 10.3. The number of benzene rings is 2. The zero-order chi connectivity index (χ0) is 26.9. The fraction of sp³-hybridized carbons (Fsp3) is 0.414. The number of carbonyl (C=O) groups excluding carboxylic acids is 1. The fourth-order valence-corrected chi connectivity index (χ4v) is 5.07. The predicted octanol–water partition coefficient (Wildman–Crippen LogP) is 5.22. The van der Waals surface area contributed by atoms with Crippen molar-refractivity contribution in [2.75, 3.05) is 7.05 Å². The number of rotatable bonds is 9. The predicted molar refractivity (Wildman–Crippen MR) is 141 cm³/mol. The van der Waals surface area contributed by atoms with Crippen LogP contribution >= 0.6 is 0 Å². The van der Waals surface area contributed by atoms with Crippen LogP contribution in [0.5, 0.6) is 11.5 Å². The van der Waals surface area contributed by atoms with E-state index >= 15 is 0 Å². The minimum Gasteiger partial charge on any atom is -0.506 e. The molecule has 0 saturated heterocycles. The molecule has 4 rings (SSSR count). The summed E-state index contributed by atoms with van der Waals surface area (Å²) in [6.07, 6.45) is 6.47. The number of carboxylic acids is 1. The lowest BCUT2D eigenvalue weighted by Crippen LogP contribution is -2.44. The molecule has 1 atom stereocenters. The molecule has 1 amide bonds. The lowest BCUT2D eigenvalue weighted by atomic mass is 9.83. The number of fused-ring (bicyclic) bond motifs is 3. The van der Waals surface area contributed by atoms with Crippen LogP contribution in [0.15, 0.2) is 36.8 Å². The van der Waals surface area contributed by atoms with Crippen molar-refractivity contribution in [3.05, 3.63) is 64.7 Å². The van der Waals surface area contributed by atoms with Crippen molar-refractivity contribution in [3.63, 3.8) is 0 Å². The number of unbranched alkanes of at least 4 members (excludes halogenated alkanes) is 2. The zero-order valence-corrected chi connectivity index (χ0v) is 22.1. The van der Waals surface area contributed by atoms with E-state index in [2.05, 4.69) is 16.9 Å². The maximum absolute atomic E-state index is 13.9. The largest absolute Gasteiger partial charge is 0.506 e. The van der Waals surface area contributed by atoms with Gasteiger partial charge in [0.1, 0.15) is 23.1 Å². The number of aromatic amines is 1. The highest BCUT2D eigenvalue weighted by molar-refractivity contribution is 6.03. The van der Waals surface area contributed by atoms with Crippen molar-refractivity contribution in [3.8, 4) is 22.6 Å². The molecule has 2 heterocycles. The average molecular weight is 506 g/mol. The number of aryl methyl sites for hydroxylation is 2. The third-order valence-electron chi connectivity index (χ3n) is 7.10. The van der Waals surface area contributed by atoms with Crippen molar-refractivity contribution >= 4 is 11.9 Å². The summed E-state index contributed by atoms with van der Waals surface area (Å²) in [4.78, 5) is 34.2. The number of phenolic OH excluding ortho intramolecular Hbond substituents is 1. The SMILES string of the molecule is CCCCCc1cc2c(c(O)c1C(=O)N(C)[C@@H](Cc1c[nH]cn1)C(=O)O)-c1cc(C)ccc1C(C)(C)O2. The number of nitrogens with zero attached hydrogens (tertiary/aromatic N) is 2. The Kier molecular flexibility index (Phi) is 7.30. The van der Waals surface area contributed by atoms with Gasteiger partial charge in [-0.1, -0.05) is 43.5 Å². The Labute approximate surface area is 217 Å². The van der Waals surface area contributed by atoms with E-state index in [4.69, 9.17) is 4.74 Å². The molecular weight excluding hydrogens is 470 g/mol. The van der Waals surface area contributed by atoms with Crippen LogP contribution in [0.2, 0.25) is 0 Å². The topological polar surface area (TPSA) is 116 Å². The number of hydrogen-bond acceptors (Lipinski definition) is 5. The molecule has 1 aliphatic rings. The van der Waals surface area contributed by atoms with E-state index < -0.39 is 23.5 Å². The van der Waals surface area contributed by atoms with E-state index in [1.807, 2.05) is 45.0 Å². The quantitative estimate of drug-likeness (QED) is 0.344. The van der Waals surface area contributed by atoms with Crippen LogP contribution in [0.25, 0.3) is 11.1 Å². The standard InChI is InChI=1S/C29H35N3O5/c1-6-7-8-9-18-13-23-25(20-12-17(2)10-11-21(20)29(3,4)37-23)26(33)24(18)27(34)32(5)22(28(35)36)14-19-15-30-16-31-19/h10-13,15-16,22,33H,6-9,14H2,1-5H3,(H,30,31)(H,35,36)/t22-/m0/s1. The first-order valence-electron chi connectivity index (χ1n) is 12.7. The number of nitrogens with one attached hydrogen (secondary N) is 1. The fourth-order valence-electron chi connectivity index (χ4n) is 5.07. The third-order valence-corrected chi connectivity index (χ3v) is 7.10. The van der Waals surface area contributed by atoms with E-state index in [0.29, 0.717) is 29.0 Å². The highest BCUT2D eigenvalue weighted by Crippen LogP contribution is 2.51. The van der Waals surface area contributed by atoms with Gasteiger partial charge in [-0.25, -0.2) is 9.78 Å². The average Bonchev–Trinajstić information content (AvgIpc) is 3.34. The number of likely N-dealkylation sites (N-methyl/N-ethyl adjacent to an activating group) is 1. The minimum absolute atomic E-state index is 0.0390. The molecule has 0 spiro atoms. The number of hydrogen-bond donors (Lipinski definition) is 3. The zero-order valence-electron chi connectivity index (χ0n) is 22.1. The first-order chi connectivity index (χ1) is 17.5. The first kappa shape index (κ1) is 26.3. The number of amides is 1.